The van der Waals surface area contributed by atoms with Gasteiger partial charge in [-0.1, -0.05) is 25.1 Å². The van der Waals surface area contributed by atoms with E-state index in [1.54, 1.807) is 23.1 Å². The molecule has 1 fully saturated rings. The number of benzene rings is 2. The van der Waals surface area contributed by atoms with Crippen molar-refractivity contribution in [2.75, 3.05) is 17.2 Å². The Kier molecular flexibility index (Phi) is 7.53. The SMILES string of the molecule is C[C@@H]1CC(CC(=O)O)CC[C@H]1OC(=O)N1CCc2cc(NC(=O)Nc3ccccc3F)ccc2C1. The summed E-state index contributed by atoms with van der Waals surface area (Å²) in [6.45, 7) is 2.92. The zero-order valence-corrected chi connectivity index (χ0v) is 19.6. The van der Waals surface area contributed by atoms with Gasteiger partial charge in [0.15, 0.2) is 0 Å². The molecule has 3 amide bonds. The number of halogens is 1. The number of urea groups is 1. The Morgan fingerprint density at radius 2 is 1.91 bits per heavy atom. The second-order valence-corrected chi connectivity index (χ2v) is 9.39. The highest BCUT2D eigenvalue weighted by molar-refractivity contribution is 5.99. The average molecular weight is 484 g/mol. The van der Waals surface area contributed by atoms with Gasteiger partial charge in [-0.15, -0.1) is 0 Å². The Bertz CT molecular complexity index is 1110. The van der Waals surface area contributed by atoms with Crippen LogP contribution in [0.3, 0.4) is 0 Å². The molecular formula is C26H30FN3O5. The van der Waals surface area contributed by atoms with Crippen LogP contribution in [-0.4, -0.2) is 40.7 Å². The molecule has 1 aliphatic carbocycles. The van der Waals surface area contributed by atoms with Crippen LogP contribution in [0, 0.1) is 17.7 Å². The van der Waals surface area contributed by atoms with Gasteiger partial charge in [-0.3, -0.25) is 4.79 Å². The van der Waals surface area contributed by atoms with Gasteiger partial charge in [-0.2, -0.15) is 0 Å². The van der Waals surface area contributed by atoms with E-state index in [-0.39, 0.29) is 36.1 Å². The van der Waals surface area contributed by atoms with Crippen molar-refractivity contribution in [1.29, 1.82) is 0 Å². The maximum atomic E-state index is 13.7. The molecule has 8 nitrogen and oxygen atoms in total. The van der Waals surface area contributed by atoms with E-state index in [4.69, 9.17) is 9.84 Å². The average Bonchev–Trinajstić information content (AvgIpc) is 2.81. The number of carbonyl (C=O) groups is 3. The smallest absolute Gasteiger partial charge is 0.410 e. The van der Waals surface area contributed by atoms with Crippen molar-refractivity contribution in [2.45, 2.75) is 51.7 Å². The van der Waals surface area contributed by atoms with Crippen LogP contribution in [0.15, 0.2) is 42.5 Å². The summed E-state index contributed by atoms with van der Waals surface area (Å²) in [6.07, 6.45) is 2.40. The van der Waals surface area contributed by atoms with Crippen molar-refractivity contribution in [3.63, 3.8) is 0 Å². The predicted molar refractivity (Wildman–Crippen MR) is 129 cm³/mol. The molecule has 0 spiro atoms. The number of carbonyl (C=O) groups excluding carboxylic acids is 2. The van der Waals surface area contributed by atoms with Gasteiger partial charge in [0.05, 0.1) is 5.69 Å². The Balaban J connectivity index is 1.30. The molecule has 1 aliphatic heterocycles. The lowest BCUT2D eigenvalue weighted by molar-refractivity contribution is -0.138. The van der Waals surface area contributed by atoms with Gasteiger partial charge in [0.2, 0.25) is 0 Å². The van der Waals surface area contributed by atoms with Crippen LogP contribution in [0.4, 0.5) is 25.4 Å². The van der Waals surface area contributed by atoms with E-state index in [2.05, 4.69) is 10.6 Å². The van der Waals surface area contributed by atoms with E-state index < -0.39 is 17.8 Å². The third-order valence-electron chi connectivity index (χ3n) is 6.77. The number of fused-ring (bicyclic) bond motifs is 1. The number of nitrogens with zero attached hydrogens (tertiary/aromatic N) is 1. The number of hydrogen-bond acceptors (Lipinski definition) is 4. The highest BCUT2D eigenvalue weighted by Gasteiger charge is 2.33. The largest absolute Gasteiger partial charge is 0.481 e. The number of rotatable bonds is 5. The van der Waals surface area contributed by atoms with Crippen LogP contribution in [0.2, 0.25) is 0 Å². The predicted octanol–water partition coefficient (Wildman–Crippen LogP) is 5.24. The minimum atomic E-state index is -0.784. The van der Waals surface area contributed by atoms with Gasteiger partial charge in [0.1, 0.15) is 11.9 Å². The van der Waals surface area contributed by atoms with Crippen LogP contribution in [0.5, 0.6) is 0 Å². The maximum Gasteiger partial charge on any atom is 0.410 e. The first kappa shape index (κ1) is 24.5. The van der Waals surface area contributed by atoms with Gasteiger partial charge in [-0.05, 0) is 72.9 Å². The summed E-state index contributed by atoms with van der Waals surface area (Å²) in [7, 11) is 0. The molecule has 3 N–H and O–H groups in total. The number of carboxylic acids is 1. The zero-order valence-electron chi connectivity index (χ0n) is 19.6. The fraction of sp³-hybridized carbons (Fsp3) is 0.423. The van der Waals surface area contributed by atoms with E-state index in [1.807, 2.05) is 19.1 Å². The summed E-state index contributed by atoms with van der Waals surface area (Å²) in [5.74, 6) is -1.04. The van der Waals surface area contributed by atoms with E-state index in [1.165, 1.54) is 12.1 Å². The normalized spacial score (nSPS) is 21.5. The van der Waals surface area contributed by atoms with E-state index in [9.17, 15) is 18.8 Å². The van der Waals surface area contributed by atoms with Crippen molar-refractivity contribution in [3.8, 4) is 0 Å². The first-order valence-corrected chi connectivity index (χ1v) is 11.9. The topological polar surface area (TPSA) is 108 Å². The molecule has 1 saturated carbocycles. The Morgan fingerprint density at radius 3 is 2.66 bits per heavy atom. The molecule has 35 heavy (non-hydrogen) atoms. The molecule has 1 unspecified atom stereocenters. The summed E-state index contributed by atoms with van der Waals surface area (Å²) >= 11 is 0. The number of ether oxygens (including phenoxy) is 1. The molecule has 0 aromatic heterocycles. The van der Waals surface area contributed by atoms with E-state index in [0.29, 0.717) is 31.6 Å². The zero-order chi connectivity index (χ0) is 24.9. The molecule has 4 rings (SSSR count). The fourth-order valence-corrected chi connectivity index (χ4v) is 4.93. The molecule has 0 bridgehead atoms. The first-order chi connectivity index (χ1) is 16.8. The molecule has 2 aromatic rings. The third kappa shape index (κ3) is 6.29. The number of aliphatic carboxylic acids is 1. The lowest BCUT2D eigenvalue weighted by Gasteiger charge is -2.35. The molecule has 2 aromatic carbocycles. The van der Waals surface area contributed by atoms with Gasteiger partial charge >= 0.3 is 18.1 Å². The first-order valence-electron chi connectivity index (χ1n) is 11.9. The number of para-hydroxylation sites is 1. The van der Waals surface area contributed by atoms with Crippen LogP contribution in [0.25, 0.3) is 0 Å². The van der Waals surface area contributed by atoms with Crippen LogP contribution in [-0.2, 0) is 22.5 Å². The van der Waals surface area contributed by atoms with E-state index in [0.717, 1.165) is 24.0 Å². The quantitative estimate of drug-likeness (QED) is 0.539. The molecular weight excluding hydrogens is 453 g/mol. The molecule has 9 heteroatoms. The highest BCUT2D eigenvalue weighted by Crippen LogP contribution is 2.33. The van der Waals surface area contributed by atoms with Gasteiger partial charge < -0.3 is 25.4 Å². The van der Waals surface area contributed by atoms with Crippen molar-refractivity contribution in [3.05, 3.63) is 59.4 Å². The van der Waals surface area contributed by atoms with Crippen molar-refractivity contribution in [1.82, 2.24) is 4.90 Å². The van der Waals surface area contributed by atoms with Gasteiger partial charge in [-0.25, -0.2) is 14.0 Å². The van der Waals surface area contributed by atoms with Gasteiger partial charge in [0, 0.05) is 25.2 Å². The standard InChI is InChI=1S/C26H30FN3O5/c1-16-12-17(13-24(31)32)6-9-23(16)35-26(34)30-11-10-18-14-20(8-7-19(18)15-30)28-25(33)29-22-5-3-2-4-21(22)27/h2-5,7-8,14,16-17,23H,6,9-13,15H2,1H3,(H,31,32)(H2,28,29,33)/t16-,17?,23-/m1/s1. The van der Waals surface area contributed by atoms with Crippen LogP contribution >= 0.6 is 0 Å². The number of amides is 3. The molecule has 1 heterocycles. The van der Waals surface area contributed by atoms with Crippen molar-refractivity contribution < 1.29 is 28.6 Å². The molecule has 186 valence electrons. The van der Waals surface area contributed by atoms with Gasteiger partial charge in [0.25, 0.3) is 0 Å². The molecule has 3 atom stereocenters. The lowest BCUT2D eigenvalue weighted by Crippen LogP contribution is -2.41. The van der Waals surface area contributed by atoms with E-state index >= 15 is 0 Å². The minimum Gasteiger partial charge on any atom is -0.481 e. The summed E-state index contributed by atoms with van der Waals surface area (Å²) in [4.78, 5) is 37.7. The highest BCUT2D eigenvalue weighted by atomic mass is 19.1. The Morgan fingerprint density at radius 1 is 1.11 bits per heavy atom. The third-order valence-corrected chi connectivity index (χ3v) is 6.77. The number of nitrogens with one attached hydrogen (secondary N) is 2. The number of hydrogen-bond donors (Lipinski definition) is 3. The second-order valence-electron chi connectivity index (χ2n) is 9.39. The minimum absolute atomic E-state index is 0.0989. The maximum absolute atomic E-state index is 13.7. The lowest BCUT2D eigenvalue weighted by atomic mass is 9.79. The summed E-state index contributed by atoms with van der Waals surface area (Å²) in [6, 6.07) is 10.9. The van der Waals surface area contributed by atoms with Crippen molar-refractivity contribution in [2.24, 2.45) is 11.8 Å². The summed E-state index contributed by atoms with van der Waals surface area (Å²) < 4.78 is 19.5. The molecule has 2 aliphatic rings. The monoisotopic (exact) mass is 483 g/mol. The molecule has 0 radical (unpaired) electrons. The van der Waals surface area contributed by atoms with Crippen LogP contribution < -0.4 is 10.6 Å². The summed E-state index contributed by atoms with van der Waals surface area (Å²) in [5.41, 5.74) is 2.69. The van der Waals surface area contributed by atoms with Crippen molar-refractivity contribution >= 4 is 29.5 Å². The van der Waals surface area contributed by atoms with Crippen LogP contribution in [0.1, 0.15) is 43.7 Å². The number of anilines is 2. The molecule has 0 saturated heterocycles. The number of carboxylic acid groups (broad SMARTS) is 1. The summed E-state index contributed by atoms with van der Waals surface area (Å²) in [5, 5.41) is 14.2. The fourth-order valence-electron chi connectivity index (χ4n) is 4.93. The second kappa shape index (κ2) is 10.8. The Hall–Kier alpha value is -3.62. The Labute approximate surface area is 203 Å².